The van der Waals surface area contributed by atoms with E-state index in [1.807, 2.05) is 35.9 Å². The molecule has 0 saturated heterocycles. The van der Waals surface area contributed by atoms with Crippen molar-refractivity contribution in [3.63, 3.8) is 0 Å². The van der Waals surface area contributed by atoms with Gasteiger partial charge in [-0.2, -0.15) is 5.26 Å². The largest absolute Gasteiger partial charge is 0.327 e. The molecule has 92 valence electrons. The molecule has 0 spiro atoms. The summed E-state index contributed by atoms with van der Waals surface area (Å²) in [6, 6.07) is 16.0. The van der Waals surface area contributed by atoms with E-state index in [0.717, 1.165) is 26.0 Å². The first-order valence-electron chi connectivity index (χ1n) is 5.83. The summed E-state index contributed by atoms with van der Waals surface area (Å²) in [7, 11) is 1.98. The standard InChI is InChI=1S/C15H10IN3/c1-19-13-8-4-5-10(9-17)14(13)18-15(19)11-6-2-3-7-12(11)16/h2-8H,1H3. The highest BCUT2D eigenvalue weighted by molar-refractivity contribution is 14.1. The van der Waals surface area contributed by atoms with Crippen molar-refractivity contribution in [3.8, 4) is 17.5 Å². The van der Waals surface area contributed by atoms with Crippen LogP contribution in [0.2, 0.25) is 0 Å². The van der Waals surface area contributed by atoms with E-state index < -0.39 is 0 Å². The van der Waals surface area contributed by atoms with Crippen LogP contribution in [-0.4, -0.2) is 9.55 Å². The minimum Gasteiger partial charge on any atom is -0.327 e. The summed E-state index contributed by atoms with van der Waals surface area (Å²) in [4.78, 5) is 4.65. The van der Waals surface area contributed by atoms with Crippen LogP contribution in [0.3, 0.4) is 0 Å². The van der Waals surface area contributed by atoms with Crippen LogP contribution in [-0.2, 0) is 7.05 Å². The molecule has 3 rings (SSSR count). The second-order valence-electron chi connectivity index (χ2n) is 4.26. The number of fused-ring (bicyclic) bond motifs is 1. The summed E-state index contributed by atoms with van der Waals surface area (Å²) < 4.78 is 3.19. The highest BCUT2D eigenvalue weighted by Gasteiger charge is 2.13. The van der Waals surface area contributed by atoms with Gasteiger partial charge in [-0.15, -0.1) is 0 Å². The Morgan fingerprint density at radius 3 is 2.68 bits per heavy atom. The number of aromatic nitrogens is 2. The monoisotopic (exact) mass is 359 g/mol. The van der Waals surface area contributed by atoms with E-state index in [4.69, 9.17) is 5.26 Å². The predicted molar refractivity (Wildman–Crippen MR) is 83.6 cm³/mol. The van der Waals surface area contributed by atoms with E-state index in [2.05, 4.69) is 45.8 Å². The first-order valence-corrected chi connectivity index (χ1v) is 6.90. The van der Waals surface area contributed by atoms with Gasteiger partial charge in [0.1, 0.15) is 17.4 Å². The molecule has 0 saturated carbocycles. The second-order valence-corrected chi connectivity index (χ2v) is 5.42. The lowest BCUT2D eigenvalue weighted by molar-refractivity contribution is 0.958. The fourth-order valence-electron chi connectivity index (χ4n) is 2.19. The quantitative estimate of drug-likeness (QED) is 0.622. The third-order valence-corrected chi connectivity index (χ3v) is 4.09. The first kappa shape index (κ1) is 12.2. The van der Waals surface area contributed by atoms with Gasteiger partial charge in [-0.05, 0) is 40.8 Å². The number of imidazole rings is 1. The minimum atomic E-state index is 0.616. The van der Waals surface area contributed by atoms with Crippen molar-refractivity contribution in [1.82, 2.24) is 9.55 Å². The molecule has 0 unspecified atom stereocenters. The average molecular weight is 359 g/mol. The van der Waals surface area contributed by atoms with Gasteiger partial charge in [-0.25, -0.2) is 4.98 Å². The zero-order valence-electron chi connectivity index (χ0n) is 10.3. The summed E-state index contributed by atoms with van der Waals surface area (Å²) in [5.41, 5.74) is 3.45. The second kappa shape index (κ2) is 4.67. The van der Waals surface area contributed by atoms with Gasteiger partial charge in [0, 0.05) is 16.2 Å². The highest BCUT2D eigenvalue weighted by atomic mass is 127. The van der Waals surface area contributed by atoms with E-state index in [9.17, 15) is 0 Å². The van der Waals surface area contributed by atoms with Gasteiger partial charge in [-0.1, -0.05) is 24.3 Å². The normalized spacial score (nSPS) is 10.6. The van der Waals surface area contributed by atoms with E-state index in [1.54, 1.807) is 6.07 Å². The van der Waals surface area contributed by atoms with E-state index >= 15 is 0 Å². The Balaban J connectivity index is 2.36. The van der Waals surface area contributed by atoms with Crippen LogP contribution in [0.25, 0.3) is 22.4 Å². The summed E-state index contributed by atoms with van der Waals surface area (Å²) in [5, 5.41) is 9.16. The first-order chi connectivity index (χ1) is 9.22. The maximum absolute atomic E-state index is 9.16. The van der Waals surface area contributed by atoms with Crippen LogP contribution in [0.1, 0.15) is 5.56 Å². The number of hydrogen-bond acceptors (Lipinski definition) is 2. The van der Waals surface area contributed by atoms with E-state index in [0.29, 0.717) is 5.56 Å². The topological polar surface area (TPSA) is 41.6 Å². The lowest BCUT2D eigenvalue weighted by Gasteiger charge is -2.04. The highest BCUT2D eigenvalue weighted by Crippen LogP contribution is 2.28. The molecule has 0 aliphatic rings. The van der Waals surface area contributed by atoms with Crippen LogP contribution < -0.4 is 0 Å². The van der Waals surface area contributed by atoms with Gasteiger partial charge in [0.05, 0.1) is 11.1 Å². The summed E-state index contributed by atoms with van der Waals surface area (Å²) in [5.74, 6) is 0.891. The molecule has 0 bridgehead atoms. The zero-order valence-corrected chi connectivity index (χ0v) is 12.4. The van der Waals surface area contributed by atoms with Gasteiger partial charge in [0.25, 0.3) is 0 Å². The molecule has 0 amide bonds. The van der Waals surface area contributed by atoms with Crippen LogP contribution >= 0.6 is 22.6 Å². The Kier molecular flexibility index (Phi) is 2.99. The van der Waals surface area contributed by atoms with Crippen LogP contribution in [0, 0.1) is 14.9 Å². The Morgan fingerprint density at radius 1 is 1.16 bits per heavy atom. The Labute approximate surface area is 124 Å². The smallest absolute Gasteiger partial charge is 0.141 e. The summed E-state index contributed by atoms with van der Waals surface area (Å²) >= 11 is 2.30. The van der Waals surface area contributed by atoms with Crippen molar-refractivity contribution in [2.24, 2.45) is 7.05 Å². The van der Waals surface area contributed by atoms with Gasteiger partial charge in [0.2, 0.25) is 0 Å². The van der Waals surface area contributed by atoms with E-state index in [-0.39, 0.29) is 0 Å². The summed E-state index contributed by atoms with van der Waals surface area (Å²) in [6.45, 7) is 0. The lowest BCUT2D eigenvalue weighted by Crippen LogP contribution is -1.93. The number of para-hydroxylation sites is 1. The molecule has 3 aromatic rings. The van der Waals surface area contributed by atoms with Crippen LogP contribution in [0.5, 0.6) is 0 Å². The van der Waals surface area contributed by atoms with Crippen molar-refractivity contribution in [3.05, 3.63) is 51.6 Å². The van der Waals surface area contributed by atoms with Gasteiger partial charge >= 0.3 is 0 Å². The third-order valence-electron chi connectivity index (χ3n) is 3.15. The molecule has 1 aromatic heterocycles. The van der Waals surface area contributed by atoms with Crippen molar-refractivity contribution in [2.45, 2.75) is 0 Å². The van der Waals surface area contributed by atoms with Crippen molar-refractivity contribution >= 4 is 33.6 Å². The molecule has 0 radical (unpaired) electrons. The Morgan fingerprint density at radius 2 is 1.95 bits per heavy atom. The van der Waals surface area contributed by atoms with Gasteiger partial charge in [-0.3, -0.25) is 0 Å². The van der Waals surface area contributed by atoms with Crippen LogP contribution in [0.4, 0.5) is 0 Å². The number of benzene rings is 2. The van der Waals surface area contributed by atoms with E-state index in [1.165, 1.54) is 0 Å². The molecular formula is C15H10IN3. The molecule has 0 fully saturated rings. The molecule has 0 N–H and O–H groups in total. The molecule has 2 aromatic carbocycles. The maximum atomic E-state index is 9.16. The molecule has 1 heterocycles. The summed E-state index contributed by atoms with van der Waals surface area (Å²) in [6.07, 6.45) is 0. The number of hydrogen-bond donors (Lipinski definition) is 0. The minimum absolute atomic E-state index is 0.616. The predicted octanol–water partition coefficient (Wildman–Crippen LogP) is 3.72. The Hall–Kier alpha value is -1.87. The molecule has 0 aliphatic heterocycles. The SMILES string of the molecule is Cn1c(-c2ccccc2I)nc2c(C#N)cccc21. The fourth-order valence-corrected chi connectivity index (χ4v) is 2.82. The molecule has 0 aliphatic carbocycles. The fraction of sp³-hybridized carbons (Fsp3) is 0.0667. The van der Waals surface area contributed by atoms with Crippen LogP contribution in [0.15, 0.2) is 42.5 Å². The molecular weight excluding hydrogens is 349 g/mol. The number of halogens is 1. The Bertz CT molecular complexity index is 812. The van der Waals surface area contributed by atoms with Crippen molar-refractivity contribution in [1.29, 1.82) is 5.26 Å². The third kappa shape index (κ3) is 1.90. The average Bonchev–Trinajstić information content (AvgIpc) is 2.77. The van der Waals surface area contributed by atoms with Gasteiger partial charge in [0.15, 0.2) is 0 Å². The molecule has 19 heavy (non-hydrogen) atoms. The molecule has 3 nitrogen and oxygen atoms in total. The van der Waals surface area contributed by atoms with Gasteiger partial charge < -0.3 is 4.57 Å². The lowest BCUT2D eigenvalue weighted by atomic mass is 10.2. The number of nitrogens with zero attached hydrogens (tertiary/aromatic N) is 3. The molecule has 4 heteroatoms. The number of aryl methyl sites for hydroxylation is 1. The maximum Gasteiger partial charge on any atom is 0.141 e. The number of rotatable bonds is 1. The zero-order chi connectivity index (χ0) is 13.4. The molecule has 0 atom stereocenters. The van der Waals surface area contributed by atoms with Crippen molar-refractivity contribution in [2.75, 3.05) is 0 Å². The number of nitriles is 1. The van der Waals surface area contributed by atoms with Crippen molar-refractivity contribution < 1.29 is 0 Å².